The first kappa shape index (κ1) is 27.5. The van der Waals surface area contributed by atoms with Gasteiger partial charge < -0.3 is 15.0 Å². The molecule has 1 N–H and O–H groups in total. The van der Waals surface area contributed by atoms with Crippen molar-refractivity contribution >= 4 is 35.0 Å². The van der Waals surface area contributed by atoms with Crippen molar-refractivity contribution in [2.24, 2.45) is 5.92 Å². The maximum atomic E-state index is 14.1. The summed E-state index contributed by atoms with van der Waals surface area (Å²) in [5.41, 5.74) is 1.38. The number of rotatable bonds is 11. The largest absolute Gasteiger partial charge is 0.481 e. The summed E-state index contributed by atoms with van der Waals surface area (Å²) in [6.07, 6.45) is 0.262. The summed E-state index contributed by atoms with van der Waals surface area (Å²) < 4.78 is 19.6. The van der Waals surface area contributed by atoms with Crippen LogP contribution in [-0.4, -0.2) is 35.9 Å². The van der Waals surface area contributed by atoms with Gasteiger partial charge in [-0.2, -0.15) is 0 Å². The second kappa shape index (κ2) is 13.3. The number of halogens is 3. The van der Waals surface area contributed by atoms with E-state index in [1.54, 1.807) is 24.3 Å². The minimum Gasteiger partial charge on any atom is -0.481 e. The SMILES string of the molecule is CC(C)CNC(=O)[C@H](Cc1ccccc1)N(Cc1c(Cl)cccc1Cl)C(=O)COc1ccccc1F. The Balaban J connectivity index is 1.96. The van der Waals surface area contributed by atoms with Crippen LogP contribution >= 0.6 is 23.2 Å². The summed E-state index contributed by atoms with van der Waals surface area (Å²) in [7, 11) is 0. The molecular formula is C28H29Cl2FN2O3. The quantitative estimate of drug-likeness (QED) is 0.334. The summed E-state index contributed by atoms with van der Waals surface area (Å²) in [6, 6.07) is 19.4. The summed E-state index contributed by atoms with van der Waals surface area (Å²) >= 11 is 12.8. The highest BCUT2D eigenvalue weighted by Crippen LogP contribution is 2.27. The summed E-state index contributed by atoms with van der Waals surface area (Å²) in [5, 5.41) is 3.68. The van der Waals surface area contributed by atoms with Gasteiger partial charge in [0.05, 0.1) is 0 Å². The maximum Gasteiger partial charge on any atom is 0.261 e. The van der Waals surface area contributed by atoms with Gasteiger partial charge in [-0.25, -0.2) is 4.39 Å². The van der Waals surface area contributed by atoms with E-state index in [1.807, 2.05) is 44.2 Å². The molecule has 0 aliphatic heterocycles. The third kappa shape index (κ3) is 7.70. The molecule has 0 bridgehead atoms. The van der Waals surface area contributed by atoms with Crippen molar-refractivity contribution in [3.8, 4) is 5.75 Å². The van der Waals surface area contributed by atoms with Gasteiger partial charge in [-0.05, 0) is 35.7 Å². The standard InChI is InChI=1S/C28H29Cl2FN2O3/c1-19(2)16-32-28(35)25(15-20-9-4-3-5-10-20)33(17-21-22(29)11-8-12-23(21)30)27(34)18-36-26-14-7-6-13-24(26)31/h3-14,19,25H,15-18H2,1-2H3,(H,32,35)/t25-/m0/s1. The molecule has 0 heterocycles. The van der Waals surface area contributed by atoms with E-state index >= 15 is 0 Å². The van der Waals surface area contributed by atoms with Gasteiger partial charge in [0.2, 0.25) is 5.91 Å². The van der Waals surface area contributed by atoms with Crippen molar-refractivity contribution in [3.63, 3.8) is 0 Å². The molecule has 36 heavy (non-hydrogen) atoms. The predicted octanol–water partition coefficient (Wildman–Crippen LogP) is 5.92. The number of nitrogens with one attached hydrogen (secondary N) is 1. The Kier molecular flexibility index (Phi) is 10.1. The van der Waals surface area contributed by atoms with E-state index in [-0.39, 0.29) is 30.5 Å². The van der Waals surface area contributed by atoms with Crippen molar-refractivity contribution < 1.29 is 18.7 Å². The van der Waals surface area contributed by atoms with Crippen LogP contribution < -0.4 is 10.1 Å². The lowest BCUT2D eigenvalue weighted by molar-refractivity contribution is -0.142. The van der Waals surface area contributed by atoms with E-state index in [1.165, 1.54) is 23.1 Å². The molecule has 0 aliphatic rings. The summed E-state index contributed by atoms with van der Waals surface area (Å²) in [6.45, 7) is 3.93. The molecule has 0 saturated heterocycles. The number of nitrogens with zero attached hydrogens (tertiary/aromatic N) is 1. The molecule has 0 aliphatic carbocycles. The lowest BCUT2D eigenvalue weighted by Crippen LogP contribution is -2.52. The van der Waals surface area contributed by atoms with Crippen molar-refractivity contribution in [2.45, 2.75) is 32.9 Å². The average molecular weight is 531 g/mol. The highest BCUT2D eigenvalue weighted by Gasteiger charge is 2.31. The Morgan fingerprint density at radius 2 is 1.58 bits per heavy atom. The van der Waals surface area contributed by atoms with E-state index < -0.39 is 24.4 Å². The Morgan fingerprint density at radius 3 is 2.22 bits per heavy atom. The number of ether oxygens (including phenoxy) is 1. The van der Waals surface area contributed by atoms with E-state index in [0.29, 0.717) is 22.2 Å². The van der Waals surface area contributed by atoms with Crippen LogP contribution in [0, 0.1) is 11.7 Å². The molecule has 8 heteroatoms. The lowest BCUT2D eigenvalue weighted by Gasteiger charge is -2.32. The van der Waals surface area contributed by atoms with Crippen LogP contribution in [0.1, 0.15) is 25.0 Å². The molecule has 0 fully saturated rings. The van der Waals surface area contributed by atoms with Gasteiger partial charge in [0.25, 0.3) is 5.91 Å². The first-order valence-electron chi connectivity index (χ1n) is 11.7. The number of para-hydroxylation sites is 1. The Morgan fingerprint density at radius 1 is 0.944 bits per heavy atom. The molecule has 3 rings (SSSR count). The van der Waals surface area contributed by atoms with Crippen LogP contribution in [-0.2, 0) is 22.6 Å². The first-order valence-corrected chi connectivity index (χ1v) is 12.4. The van der Waals surface area contributed by atoms with E-state index in [4.69, 9.17) is 27.9 Å². The highest BCUT2D eigenvalue weighted by atomic mass is 35.5. The second-order valence-electron chi connectivity index (χ2n) is 8.79. The van der Waals surface area contributed by atoms with Gasteiger partial charge in [0.15, 0.2) is 18.2 Å². The topological polar surface area (TPSA) is 58.6 Å². The predicted molar refractivity (Wildman–Crippen MR) is 141 cm³/mol. The van der Waals surface area contributed by atoms with E-state index in [2.05, 4.69) is 5.32 Å². The number of carbonyl (C=O) groups is 2. The second-order valence-corrected chi connectivity index (χ2v) is 9.60. The smallest absolute Gasteiger partial charge is 0.261 e. The van der Waals surface area contributed by atoms with Crippen molar-refractivity contribution in [3.05, 3.63) is 99.8 Å². The molecule has 0 radical (unpaired) electrons. The van der Waals surface area contributed by atoms with Crippen molar-refractivity contribution in [1.82, 2.24) is 10.2 Å². The fraction of sp³-hybridized carbons (Fsp3) is 0.286. The van der Waals surface area contributed by atoms with Crippen LogP contribution in [0.3, 0.4) is 0 Å². The highest BCUT2D eigenvalue weighted by molar-refractivity contribution is 6.36. The van der Waals surface area contributed by atoms with Crippen molar-refractivity contribution in [2.75, 3.05) is 13.2 Å². The Bertz CT molecular complexity index is 1150. The number of hydrogen-bond donors (Lipinski definition) is 1. The lowest BCUT2D eigenvalue weighted by atomic mass is 10.0. The van der Waals surface area contributed by atoms with Crippen LogP contribution in [0.25, 0.3) is 0 Å². The number of carbonyl (C=O) groups excluding carboxylic acids is 2. The zero-order valence-corrected chi connectivity index (χ0v) is 21.7. The number of hydrogen-bond acceptors (Lipinski definition) is 3. The molecule has 1 atom stereocenters. The zero-order valence-electron chi connectivity index (χ0n) is 20.2. The average Bonchev–Trinajstić information content (AvgIpc) is 2.86. The Labute approximate surface area is 221 Å². The van der Waals surface area contributed by atoms with Gasteiger partial charge >= 0.3 is 0 Å². The Hall–Kier alpha value is -3.09. The van der Waals surface area contributed by atoms with Gasteiger partial charge in [0.1, 0.15) is 6.04 Å². The fourth-order valence-corrected chi connectivity index (χ4v) is 4.13. The van der Waals surface area contributed by atoms with Gasteiger partial charge in [-0.15, -0.1) is 0 Å². The summed E-state index contributed by atoms with van der Waals surface area (Å²) in [5.74, 6) is -1.23. The zero-order chi connectivity index (χ0) is 26.1. The maximum absolute atomic E-state index is 14.1. The molecule has 3 aromatic rings. The van der Waals surface area contributed by atoms with E-state index in [9.17, 15) is 14.0 Å². The number of amides is 2. The molecule has 2 amide bonds. The molecule has 0 unspecified atom stereocenters. The minimum absolute atomic E-state index is 0.0232. The van der Waals surface area contributed by atoms with Gasteiger partial charge in [0, 0.05) is 35.1 Å². The van der Waals surface area contributed by atoms with Crippen LogP contribution in [0.5, 0.6) is 5.75 Å². The third-order valence-corrected chi connectivity index (χ3v) is 6.24. The monoisotopic (exact) mass is 530 g/mol. The third-order valence-electron chi connectivity index (χ3n) is 5.53. The van der Waals surface area contributed by atoms with Crippen LogP contribution in [0.15, 0.2) is 72.8 Å². The molecular weight excluding hydrogens is 502 g/mol. The molecule has 0 aromatic heterocycles. The first-order chi connectivity index (χ1) is 17.3. The molecule has 0 saturated carbocycles. The normalized spacial score (nSPS) is 11.7. The van der Waals surface area contributed by atoms with Crippen LogP contribution in [0.4, 0.5) is 4.39 Å². The van der Waals surface area contributed by atoms with Gasteiger partial charge in [-0.3, -0.25) is 9.59 Å². The number of benzene rings is 3. The molecule has 3 aromatic carbocycles. The van der Waals surface area contributed by atoms with E-state index in [0.717, 1.165) is 5.56 Å². The molecule has 0 spiro atoms. The van der Waals surface area contributed by atoms with Crippen LogP contribution in [0.2, 0.25) is 10.0 Å². The summed E-state index contributed by atoms with van der Waals surface area (Å²) in [4.78, 5) is 28.4. The fourth-order valence-electron chi connectivity index (χ4n) is 3.61. The molecule has 5 nitrogen and oxygen atoms in total. The van der Waals surface area contributed by atoms with Crippen molar-refractivity contribution in [1.29, 1.82) is 0 Å². The minimum atomic E-state index is -0.879. The van der Waals surface area contributed by atoms with Gasteiger partial charge in [-0.1, -0.05) is 85.6 Å². The molecule has 190 valence electrons.